The molecule has 4 rings (SSSR count). The molecule has 208 valence electrons. The fraction of sp³-hybridized carbons (Fsp3) is 0.423. The van der Waals surface area contributed by atoms with Gasteiger partial charge in [-0.3, -0.25) is 14.4 Å². The Morgan fingerprint density at radius 3 is 2.74 bits per heavy atom. The monoisotopic (exact) mass is 557 g/mol. The first-order chi connectivity index (χ1) is 18.6. The van der Waals surface area contributed by atoms with Crippen molar-refractivity contribution >= 4 is 40.9 Å². The average molecular weight is 558 g/mol. The van der Waals surface area contributed by atoms with Gasteiger partial charge in [-0.1, -0.05) is 24.2 Å². The van der Waals surface area contributed by atoms with Gasteiger partial charge in [-0.2, -0.15) is 0 Å². The number of rotatable bonds is 12. The van der Waals surface area contributed by atoms with Crippen molar-refractivity contribution in [1.29, 1.82) is 0 Å². The van der Waals surface area contributed by atoms with Crippen molar-refractivity contribution in [1.82, 2.24) is 15.5 Å². The van der Waals surface area contributed by atoms with Crippen molar-refractivity contribution in [2.45, 2.75) is 51.2 Å². The maximum Gasteiger partial charge on any atom is 0.339 e. The van der Waals surface area contributed by atoms with Gasteiger partial charge in [0.2, 0.25) is 17.7 Å². The first-order valence-electron chi connectivity index (χ1n) is 12.5. The van der Waals surface area contributed by atoms with Crippen LogP contribution in [0.4, 0.5) is 0 Å². The first-order valence-corrected chi connectivity index (χ1v) is 13.4. The first kappa shape index (κ1) is 27.9. The minimum Gasteiger partial charge on any atom is -0.493 e. The van der Waals surface area contributed by atoms with E-state index in [4.69, 9.17) is 15.7 Å². The highest BCUT2D eigenvalue weighted by molar-refractivity contribution is 7.10. The molecule has 0 unspecified atom stereocenters. The number of oxime groups is 1. The normalized spacial score (nSPS) is 21.7. The highest BCUT2D eigenvalue weighted by atomic mass is 32.1. The van der Waals surface area contributed by atoms with Crippen LogP contribution in [0, 0.1) is 5.41 Å². The molecule has 0 radical (unpaired) electrons. The van der Waals surface area contributed by atoms with Gasteiger partial charge in [0.05, 0.1) is 19.7 Å². The number of nitrogens with zero attached hydrogens (tertiary/aromatic N) is 2. The second-order valence-electron chi connectivity index (χ2n) is 9.93. The highest BCUT2D eigenvalue weighted by Crippen LogP contribution is 2.59. The number of hydrogen-bond donors (Lipinski definition) is 5. The van der Waals surface area contributed by atoms with E-state index >= 15 is 0 Å². The number of amides is 3. The van der Waals surface area contributed by atoms with Gasteiger partial charge in [-0.05, 0) is 42.9 Å². The summed E-state index contributed by atoms with van der Waals surface area (Å²) in [4.78, 5) is 52.0. The molecule has 13 heteroatoms. The number of carbonyl (C=O) groups is 4. The molecule has 1 aliphatic heterocycles. The third kappa shape index (κ3) is 6.48. The van der Waals surface area contributed by atoms with Crippen LogP contribution < -0.4 is 21.1 Å². The second-order valence-corrected chi connectivity index (χ2v) is 10.9. The summed E-state index contributed by atoms with van der Waals surface area (Å²) in [5.74, 6) is -1.79. The number of piperidine rings is 1. The molecule has 1 saturated carbocycles. The van der Waals surface area contributed by atoms with Gasteiger partial charge in [0.15, 0.2) is 5.84 Å². The van der Waals surface area contributed by atoms with Crippen molar-refractivity contribution < 1.29 is 34.2 Å². The van der Waals surface area contributed by atoms with E-state index in [9.17, 15) is 24.3 Å². The van der Waals surface area contributed by atoms with Gasteiger partial charge in [0.25, 0.3) is 0 Å². The van der Waals surface area contributed by atoms with E-state index in [0.29, 0.717) is 18.4 Å². The van der Waals surface area contributed by atoms with Crippen LogP contribution in [-0.4, -0.2) is 70.0 Å². The van der Waals surface area contributed by atoms with Gasteiger partial charge >= 0.3 is 5.97 Å². The van der Waals surface area contributed by atoms with Crippen molar-refractivity contribution in [3.63, 3.8) is 0 Å². The Labute approximate surface area is 228 Å². The fourth-order valence-corrected chi connectivity index (χ4v) is 5.67. The van der Waals surface area contributed by atoms with E-state index < -0.39 is 12.0 Å². The van der Waals surface area contributed by atoms with E-state index in [0.717, 1.165) is 11.3 Å². The molecule has 1 saturated heterocycles. The summed E-state index contributed by atoms with van der Waals surface area (Å²) in [5, 5.41) is 28.2. The molecule has 1 aromatic carbocycles. The number of carboxylic acid groups (broad SMARTS) is 1. The van der Waals surface area contributed by atoms with E-state index in [2.05, 4.69) is 22.7 Å². The fourth-order valence-electron chi connectivity index (χ4n) is 4.86. The molecule has 39 heavy (non-hydrogen) atoms. The predicted octanol–water partition coefficient (Wildman–Crippen LogP) is 1.51. The molecule has 1 aliphatic carbocycles. The van der Waals surface area contributed by atoms with Gasteiger partial charge < -0.3 is 36.3 Å². The number of hydrogen-bond acceptors (Lipinski definition) is 8. The molecule has 2 aliphatic rings. The highest BCUT2D eigenvalue weighted by Gasteiger charge is 2.64. The number of likely N-dealkylation sites (tertiary alicyclic amines) is 1. The maximum absolute atomic E-state index is 13.0. The number of nitrogens with two attached hydrogens (primary N) is 1. The third-order valence-electron chi connectivity index (χ3n) is 7.08. The zero-order chi connectivity index (χ0) is 28.2. The minimum atomic E-state index is -1.10. The van der Waals surface area contributed by atoms with E-state index in [1.165, 1.54) is 17.4 Å². The topological polar surface area (TPSA) is 184 Å². The van der Waals surface area contributed by atoms with Crippen LogP contribution in [0.1, 0.15) is 53.4 Å². The van der Waals surface area contributed by atoms with Gasteiger partial charge in [-0.25, -0.2) is 4.79 Å². The van der Waals surface area contributed by atoms with Crippen LogP contribution in [0.2, 0.25) is 0 Å². The average Bonchev–Trinajstić information content (AvgIpc) is 3.24. The zero-order valence-electron chi connectivity index (χ0n) is 21.4. The van der Waals surface area contributed by atoms with E-state index in [1.54, 1.807) is 34.5 Å². The zero-order valence-corrected chi connectivity index (χ0v) is 22.2. The molecule has 2 heterocycles. The SMILES string of the molecule is C[C@@]12C[C@@H]1N(C(=O)CNC(=O)CCCOc1ccccc1C(=O)O)[C@H](C(=O)NCc1cc(/C(N)=N/O)cs1)C2. The van der Waals surface area contributed by atoms with Crippen molar-refractivity contribution in [2.75, 3.05) is 13.2 Å². The molecule has 3 atom stereocenters. The lowest BCUT2D eigenvalue weighted by atomic mass is 10.0. The number of carboxylic acids is 1. The number of thiophene rings is 1. The number of fused-ring (bicyclic) bond motifs is 1. The summed E-state index contributed by atoms with van der Waals surface area (Å²) in [6.07, 6.45) is 1.81. The lowest BCUT2D eigenvalue weighted by Gasteiger charge is -2.27. The summed E-state index contributed by atoms with van der Waals surface area (Å²) < 4.78 is 5.50. The predicted molar refractivity (Wildman–Crippen MR) is 142 cm³/mol. The van der Waals surface area contributed by atoms with Gasteiger partial charge in [0.1, 0.15) is 17.4 Å². The number of aromatic carboxylic acids is 1. The molecule has 3 amide bonds. The summed E-state index contributed by atoms with van der Waals surface area (Å²) in [6.45, 7) is 2.23. The molecule has 2 fully saturated rings. The molecule has 1 aromatic heterocycles. The number of nitrogens with one attached hydrogen (secondary N) is 2. The second kappa shape index (κ2) is 11.7. The molecular formula is C26H31N5O7S. The number of benzene rings is 1. The summed E-state index contributed by atoms with van der Waals surface area (Å²) >= 11 is 1.36. The van der Waals surface area contributed by atoms with Gasteiger partial charge in [-0.15, -0.1) is 11.3 Å². The molecule has 0 bridgehead atoms. The van der Waals surface area contributed by atoms with Gasteiger partial charge in [0, 0.05) is 28.3 Å². The minimum absolute atomic E-state index is 0.0116. The smallest absolute Gasteiger partial charge is 0.339 e. The largest absolute Gasteiger partial charge is 0.493 e. The molecule has 2 aromatic rings. The van der Waals surface area contributed by atoms with Crippen LogP contribution in [0.15, 0.2) is 40.9 Å². The molecule has 12 nitrogen and oxygen atoms in total. The Morgan fingerprint density at radius 2 is 2.00 bits per heavy atom. The van der Waals surface area contributed by atoms with Crippen LogP contribution in [-0.2, 0) is 20.9 Å². The van der Waals surface area contributed by atoms with Crippen molar-refractivity contribution in [3.8, 4) is 5.75 Å². The summed E-state index contributed by atoms with van der Waals surface area (Å²) in [7, 11) is 0. The van der Waals surface area contributed by atoms with Crippen LogP contribution >= 0.6 is 11.3 Å². The maximum atomic E-state index is 13.0. The molecule has 6 N–H and O–H groups in total. The number of carbonyl (C=O) groups excluding carboxylic acids is 3. The van der Waals surface area contributed by atoms with E-state index in [1.807, 2.05) is 0 Å². The van der Waals surface area contributed by atoms with Crippen LogP contribution in [0.5, 0.6) is 5.75 Å². The molecular weight excluding hydrogens is 526 g/mol. The quantitative estimate of drug-likeness (QED) is 0.0855. The van der Waals surface area contributed by atoms with Crippen LogP contribution in [0.25, 0.3) is 0 Å². The standard InChI is InChI=1S/C26H31N5O7S/c1-26-10-18(24(34)29-12-16-9-15(14-39-16)23(27)30-37)31(20(26)11-26)22(33)13-28-21(32)7-4-8-38-19-6-3-2-5-17(19)25(35)36/h2-3,5-6,9,14,18,20,37H,4,7-8,10-13H2,1H3,(H2,27,30)(H,28,32)(H,29,34)(H,35,36)/t18-,20-,26+/m0/s1. The van der Waals surface area contributed by atoms with Crippen molar-refractivity contribution in [3.05, 3.63) is 51.7 Å². The van der Waals surface area contributed by atoms with Crippen LogP contribution in [0.3, 0.4) is 0 Å². The lowest BCUT2D eigenvalue weighted by molar-refractivity contribution is -0.140. The third-order valence-corrected chi connectivity index (χ3v) is 8.02. The summed E-state index contributed by atoms with van der Waals surface area (Å²) in [5.41, 5.74) is 6.09. The Morgan fingerprint density at radius 1 is 1.23 bits per heavy atom. The number of para-hydroxylation sites is 1. The Hall–Kier alpha value is -4.13. The Kier molecular flexibility index (Phi) is 8.38. The number of ether oxygens (including phenoxy) is 1. The van der Waals surface area contributed by atoms with Crippen molar-refractivity contribution in [2.24, 2.45) is 16.3 Å². The number of amidine groups is 1. The lowest BCUT2D eigenvalue weighted by Crippen LogP contribution is -2.50. The Bertz CT molecular complexity index is 1290. The van der Waals surface area contributed by atoms with E-state index in [-0.39, 0.29) is 72.4 Å². The Balaban J connectivity index is 1.23. The molecule has 0 spiro atoms. The summed E-state index contributed by atoms with van der Waals surface area (Å²) in [6, 6.07) is 7.33.